The molecule has 0 N–H and O–H groups in total. The largest absolute Gasteiger partial charge is 0.297 e. The summed E-state index contributed by atoms with van der Waals surface area (Å²) in [6.45, 7) is 5.33. The summed E-state index contributed by atoms with van der Waals surface area (Å²) in [4.78, 5) is 13.8. The van der Waals surface area contributed by atoms with Crippen molar-refractivity contribution in [2.24, 2.45) is 58.7 Å². The van der Waals surface area contributed by atoms with E-state index in [2.05, 4.69) is 25.0 Å². The minimum absolute atomic E-state index is 0.200. The Morgan fingerprint density at radius 3 is 2.67 bits per heavy atom. The lowest BCUT2D eigenvalue weighted by Gasteiger charge is -2.57. The van der Waals surface area contributed by atoms with Crippen molar-refractivity contribution in [2.45, 2.75) is 90.5 Å². The van der Waals surface area contributed by atoms with Crippen LogP contribution in [-0.4, -0.2) is 15.6 Å². The lowest BCUT2D eigenvalue weighted by atomic mass is 9.48. The molecule has 0 bridgehead atoms. The molecule has 0 aliphatic heterocycles. The minimum Gasteiger partial charge on any atom is -0.297 e. The first kappa shape index (κ1) is 20.7. The monoisotopic (exact) mass is 445 g/mol. The molecule has 6 saturated carbocycles. The molecule has 176 valence electrons. The number of hydrogen-bond donors (Lipinski definition) is 0. The lowest BCUT2D eigenvalue weighted by molar-refractivity contribution is -0.134. The Morgan fingerprint density at radius 1 is 1.06 bits per heavy atom. The summed E-state index contributed by atoms with van der Waals surface area (Å²) in [7, 11) is 0. The molecule has 6 aliphatic carbocycles. The van der Waals surface area contributed by atoms with Gasteiger partial charge in [-0.3, -0.25) is 9.48 Å². The van der Waals surface area contributed by atoms with Crippen molar-refractivity contribution in [3.8, 4) is 6.07 Å². The maximum atomic E-state index is 13.8. The number of Topliss-reactive ketones (excluding diaryl/α,β-unsaturated/α-hetero) is 1. The minimum atomic E-state index is 0.200. The Bertz CT molecular complexity index is 1020. The van der Waals surface area contributed by atoms with Crippen molar-refractivity contribution in [1.29, 1.82) is 5.26 Å². The Labute approximate surface area is 198 Å². The highest BCUT2D eigenvalue weighted by Gasteiger charge is 2.70. The average molecular weight is 446 g/mol. The second-order valence-electron chi connectivity index (χ2n) is 13.3. The van der Waals surface area contributed by atoms with Gasteiger partial charge in [-0.2, -0.15) is 10.4 Å². The van der Waals surface area contributed by atoms with Gasteiger partial charge in [0.25, 0.3) is 0 Å². The molecule has 4 heteroatoms. The Kier molecular flexibility index (Phi) is 4.51. The van der Waals surface area contributed by atoms with E-state index in [4.69, 9.17) is 0 Å². The van der Waals surface area contributed by atoms with Crippen LogP contribution < -0.4 is 0 Å². The molecule has 6 aliphatic rings. The number of carbonyl (C=O) groups is 1. The summed E-state index contributed by atoms with van der Waals surface area (Å²) in [5.74, 6) is 8.06. The summed E-state index contributed by atoms with van der Waals surface area (Å²) in [6.07, 6.45) is 15.5. The van der Waals surface area contributed by atoms with Crippen LogP contribution in [0, 0.1) is 70.0 Å². The number of rotatable bonds is 4. The van der Waals surface area contributed by atoms with Crippen molar-refractivity contribution in [3.05, 3.63) is 17.5 Å². The first-order valence-electron chi connectivity index (χ1n) is 14.0. The van der Waals surface area contributed by atoms with E-state index >= 15 is 0 Å². The summed E-state index contributed by atoms with van der Waals surface area (Å²) in [5.41, 5.74) is 1.82. The van der Waals surface area contributed by atoms with Crippen molar-refractivity contribution in [3.63, 3.8) is 0 Å². The molecular weight excluding hydrogens is 406 g/mol. The molecule has 10 atom stereocenters. The van der Waals surface area contributed by atoms with E-state index in [1.54, 1.807) is 0 Å². The predicted octanol–water partition coefficient (Wildman–Crippen LogP) is 5.96. The van der Waals surface area contributed by atoms with Crippen LogP contribution in [0.4, 0.5) is 0 Å². The number of fused-ring (bicyclic) bond motifs is 7. The van der Waals surface area contributed by atoms with Gasteiger partial charge in [0.2, 0.25) is 0 Å². The average Bonchev–Trinajstić information content (AvgIpc) is 3.72. The Hall–Kier alpha value is -1.63. The zero-order valence-electron chi connectivity index (χ0n) is 20.4. The molecule has 6 fully saturated rings. The summed E-state index contributed by atoms with van der Waals surface area (Å²) < 4.78 is 1.81. The molecule has 1 aromatic rings. The molecular formula is C29H39N3O. The quantitative estimate of drug-likeness (QED) is 0.574. The Balaban J connectivity index is 1.12. The zero-order chi connectivity index (χ0) is 22.5. The van der Waals surface area contributed by atoms with Crippen LogP contribution in [0.5, 0.6) is 0 Å². The Morgan fingerprint density at radius 2 is 1.88 bits per heavy atom. The van der Waals surface area contributed by atoms with Crippen LogP contribution in [0.2, 0.25) is 0 Å². The van der Waals surface area contributed by atoms with Crippen molar-refractivity contribution >= 4 is 5.78 Å². The van der Waals surface area contributed by atoms with E-state index in [0.717, 1.165) is 59.8 Å². The van der Waals surface area contributed by atoms with E-state index in [1.807, 2.05) is 10.9 Å². The standard InChI is InChI=1S/C29H39N3O/c1-16-3-7-19-18(11-16)6-8-21-20(19)9-10-29(2)27(21)22-12-23(22)28(29)26(33)15-32-14-24(17-4-5-17)25(13-30)31-32/h14,16-23,27-28H,3-12,15H2,1-2H3/t16-,18+,19-,20+,21+,22+,23-,27?,28+,29-/m0/s1. The van der Waals surface area contributed by atoms with E-state index in [-0.39, 0.29) is 11.3 Å². The molecule has 1 aromatic heterocycles. The smallest absolute Gasteiger partial charge is 0.165 e. The molecule has 0 radical (unpaired) electrons. The van der Waals surface area contributed by atoms with Gasteiger partial charge in [0.1, 0.15) is 6.07 Å². The molecule has 0 amide bonds. The van der Waals surface area contributed by atoms with Gasteiger partial charge in [0.05, 0.1) is 6.54 Å². The predicted molar refractivity (Wildman–Crippen MR) is 126 cm³/mol. The van der Waals surface area contributed by atoms with Crippen molar-refractivity contribution in [1.82, 2.24) is 9.78 Å². The van der Waals surface area contributed by atoms with E-state index in [0.29, 0.717) is 29.9 Å². The van der Waals surface area contributed by atoms with E-state index < -0.39 is 0 Å². The summed E-state index contributed by atoms with van der Waals surface area (Å²) >= 11 is 0. The van der Waals surface area contributed by atoms with Crippen molar-refractivity contribution in [2.75, 3.05) is 0 Å². The highest BCUT2D eigenvalue weighted by atomic mass is 16.1. The van der Waals surface area contributed by atoms with Gasteiger partial charge >= 0.3 is 0 Å². The number of nitriles is 1. The van der Waals surface area contributed by atoms with Crippen LogP contribution in [0.25, 0.3) is 0 Å². The van der Waals surface area contributed by atoms with Gasteiger partial charge in [-0.05, 0) is 116 Å². The molecule has 1 heterocycles. The maximum Gasteiger partial charge on any atom is 0.165 e. The third-order valence-electron chi connectivity index (χ3n) is 11.6. The van der Waals surface area contributed by atoms with E-state index in [1.165, 1.54) is 51.4 Å². The zero-order valence-corrected chi connectivity index (χ0v) is 20.4. The highest BCUT2D eigenvalue weighted by Crippen LogP contribution is 2.74. The van der Waals surface area contributed by atoms with Crippen LogP contribution in [0.15, 0.2) is 6.20 Å². The second kappa shape index (κ2) is 7.19. The number of ketones is 1. The fourth-order valence-electron chi connectivity index (χ4n) is 10.2. The number of aromatic nitrogens is 2. The maximum absolute atomic E-state index is 13.8. The first-order chi connectivity index (χ1) is 16.0. The van der Waals surface area contributed by atoms with Crippen LogP contribution >= 0.6 is 0 Å². The van der Waals surface area contributed by atoms with Gasteiger partial charge in [-0.1, -0.05) is 20.3 Å². The SMILES string of the molecule is C[C@H]1CC[C@H]2[C@H](CC[C@H]3C4[C@@H]5C[C@@H]5[C@H](C(=O)Cn5cc(C6CC6)c(C#N)n5)[C@@]4(C)CC[C@H]23)C1. The summed E-state index contributed by atoms with van der Waals surface area (Å²) in [5, 5.41) is 14.0. The third kappa shape index (κ3) is 3.06. The number of hydrogen-bond acceptors (Lipinski definition) is 3. The molecule has 1 unspecified atom stereocenters. The summed E-state index contributed by atoms with van der Waals surface area (Å²) in [6, 6.07) is 2.26. The second-order valence-corrected chi connectivity index (χ2v) is 13.3. The van der Waals surface area contributed by atoms with Gasteiger partial charge in [-0.25, -0.2) is 0 Å². The van der Waals surface area contributed by atoms with Gasteiger partial charge in [0.15, 0.2) is 11.5 Å². The van der Waals surface area contributed by atoms with E-state index in [9.17, 15) is 10.1 Å². The fourth-order valence-corrected chi connectivity index (χ4v) is 10.2. The molecule has 0 aromatic carbocycles. The highest BCUT2D eigenvalue weighted by molar-refractivity contribution is 5.83. The molecule has 33 heavy (non-hydrogen) atoms. The van der Waals surface area contributed by atoms with Crippen molar-refractivity contribution < 1.29 is 4.79 Å². The van der Waals surface area contributed by atoms with Gasteiger partial charge in [-0.15, -0.1) is 0 Å². The lowest BCUT2D eigenvalue weighted by Crippen LogP contribution is -2.51. The molecule has 7 rings (SSSR count). The van der Waals surface area contributed by atoms with Gasteiger partial charge in [0, 0.05) is 17.7 Å². The third-order valence-corrected chi connectivity index (χ3v) is 11.6. The normalized spacial score (nSPS) is 47.6. The topological polar surface area (TPSA) is 58.7 Å². The van der Waals surface area contributed by atoms with Crippen LogP contribution in [-0.2, 0) is 11.3 Å². The molecule has 0 saturated heterocycles. The fraction of sp³-hybridized carbons (Fsp3) is 0.828. The molecule has 4 nitrogen and oxygen atoms in total. The van der Waals surface area contributed by atoms with Crippen LogP contribution in [0.3, 0.4) is 0 Å². The first-order valence-corrected chi connectivity index (χ1v) is 14.0. The van der Waals surface area contributed by atoms with Crippen LogP contribution in [0.1, 0.15) is 95.2 Å². The number of carbonyl (C=O) groups excluding carboxylic acids is 1. The molecule has 0 spiro atoms. The van der Waals surface area contributed by atoms with Gasteiger partial charge < -0.3 is 0 Å². The number of nitrogens with zero attached hydrogens (tertiary/aromatic N) is 3.